The number of ketones is 2. The van der Waals surface area contributed by atoms with Crippen LogP contribution in [-0.2, 0) is 9.59 Å². The van der Waals surface area contributed by atoms with E-state index in [1.807, 2.05) is 6.92 Å². The molecule has 0 amide bonds. The van der Waals surface area contributed by atoms with Gasteiger partial charge >= 0.3 is 0 Å². The largest absolute Gasteiger partial charge is 0.300 e. The van der Waals surface area contributed by atoms with E-state index >= 15 is 0 Å². The number of fused-ring (bicyclic) bond motifs is 5. The summed E-state index contributed by atoms with van der Waals surface area (Å²) < 4.78 is 65.1. The normalized spacial score (nSPS) is 59.5. The Morgan fingerprint density at radius 1 is 1.22 bits per heavy atom. The van der Waals surface area contributed by atoms with Crippen LogP contribution in [-0.4, -0.2) is 11.6 Å². The minimum Gasteiger partial charge on any atom is -0.300 e. The SMILES string of the molecule is [2H]C1=C2C([2H])([2H])C[C@H]3[C@@H]4CC[C@H](C(=O)C([2H])([2H])[2H])[C@@]4(C)CC[C@@H]3[C@@]2(C)CC([2H])([2H])C1=O. The van der Waals surface area contributed by atoms with Gasteiger partial charge in [-0.25, -0.2) is 0 Å². The number of Topliss-reactive ketones (excluding diaryl/α,β-unsaturated/α-hetero) is 1. The van der Waals surface area contributed by atoms with Crippen LogP contribution in [0, 0.1) is 34.5 Å². The average molecular weight is 323 g/mol. The van der Waals surface area contributed by atoms with Gasteiger partial charge in [-0.2, -0.15) is 0 Å². The van der Waals surface area contributed by atoms with Gasteiger partial charge in [0.15, 0.2) is 5.78 Å². The molecule has 2 nitrogen and oxygen atoms in total. The lowest BCUT2D eigenvalue weighted by Crippen LogP contribution is -2.51. The maximum atomic E-state index is 12.7. The molecule has 3 fully saturated rings. The van der Waals surface area contributed by atoms with Crippen LogP contribution in [0.15, 0.2) is 11.6 Å². The van der Waals surface area contributed by atoms with Crippen LogP contribution < -0.4 is 0 Å². The summed E-state index contributed by atoms with van der Waals surface area (Å²) in [5.74, 6) is -2.49. The fourth-order valence-electron chi connectivity index (χ4n) is 6.23. The van der Waals surface area contributed by atoms with Crippen LogP contribution in [0.1, 0.15) is 82.9 Å². The molecule has 0 spiro atoms. The van der Waals surface area contributed by atoms with Crippen molar-refractivity contribution in [3.05, 3.63) is 11.6 Å². The van der Waals surface area contributed by atoms with E-state index in [1.165, 1.54) is 0 Å². The van der Waals surface area contributed by atoms with E-state index in [9.17, 15) is 9.59 Å². The van der Waals surface area contributed by atoms with Crippen LogP contribution >= 0.6 is 0 Å². The lowest BCUT2D eigenvalue weighted by molar-refractivity contribution is -0.128. The maximum absolute atomic E-state index is 12.7. The van der Waals surface area contributed by atoms with Gasteiger partial charge in [0.05, 0.1) is 1.37 Å². The molecule has 0 heterocycles. The van der Waals surface area contributed by atoms with E-state index in [-0.39, 0.29) is 36.2 Å². The van der Waals surface area contributed by atoms with Crippen LogP contribution in [0.4, 0.5) is 0 Å². The Kier molecular flexibility index (Phi) is 1.96. The summed E-state index contributed by atoms with van der Waals surface area (Å²) in [7, 11) is 0. The molecule has 23 heavy (non-hydrogen) atoms. The van der Waals surface area contributed by atoms with Crippen LogP contribution in [0.5, 0.6) is 0 Å². The van der Waals surface area contributed by atoms with Gasteiger partial charge in [-0.05, 0) is 86.4 Å². The second-order valence-corrected chi connectivity index (χ2v) is 8.40. The number of carbonyl (C=O) groups excluding carboxylic acids is 2. The molecule has 6 atom stereocenters. The summed E-state index contributed by atoms with van der Waals surface area (Å²) in [6.45, 7) is 1.12. The molecule has 0 radical (unpaired) electrons. The van der Waals surface area contributed by atoms with Crippen molar-refractivity contribution in [1.29, 1.82) is 0 Å². The Hall–Kier alpha value is -0.920. The number of rotatable bonds is 1. The summed E-state index contributed by atoms with van der Waals surface area (Å²) >= 11 is 0. The van der Waals surface area contributed by atoms with E-state index in [0.29, 0.717) is 25.7 Å². The first kappa shape index (κ1) is 8.97. The summed E-state index contributed by atoms with van der Waals surface area (Å²) in [6.07, 6.45) is -1.79. The van der Waals surface area contributed by atoms with Gasteiger partial charge in [-0.15, -0.1) is 0 Å². The number of carbonyl (C=O) groups is 2. The number of allylic oxidation sites excluding steroid dienone is 1. The van der Waals surface area contributed by atoms with Crippen LogP contribution in [0.25, 0.3) is 0 Å². The average Bonchev–Trinajstić information content (AvgIpc) is 2.94. The van der Waals surface area contributed by atoms with Crippen molar-refractivity contribution in [2.24, 2.45) is 34.5 Å². The molecule has 2 heteroatoms. The molecule has 0 aromatic heterocycles. The van der Waals surface area contributed by atoms with Crippen molar-refractivity contribution < 1.29 is 20.6 Å². The molecule has 0 bridgehead atoms. The van der Waals surface area contributed by atoms with E-state index in [4.69, 9.17) is 11.0 Å². The first-order valence-corrected chi connectivity index (χ1v) is 8.78. The van der Waals surface area contributed by atoms with E-state index < -0.39 is 54.0 Å². The third kappa shape index (κ3) is 2.06. The second-order valence-electron chi connectivity index (χ2n) is 8.40. The zero-order valence-electron chi connectivity index (χ0n) is 21.9. The predicted molar refractivity (Wildman–Crippen MR) is 90.9 cm³/mol. The highest BCUT2D eigenvalue weighted by molar-refractivity contribution is 5.91. The molecular weight excluding hydrogens is 284 g/mol. The maximum Gasteiger partial charge on any atom is 0.155 e. The summed E-state index contributed by atoms with van der Waals surface area (Å²) in [5, 5.41) is 0. The van der Waals surface area contributed by atoms with Gasteiger partial charge < -0.3 is 0 Å². The quantitative estimate of drug-likeness (QED) is 0.700. The van der Waals surface area contributed by atoms with E-state index in [0.717, 1.165) is 0 Å². The van der Waals surface area contributed by atoms with Gasteiger partial charge in [0.25, 0.3) is 0 Å². The molecule has 0 saturated heterocycles. The van der Waals surface area contributed by atoms with Gasteiger partial charge in [-0.3, -0.25) is 9.59 Å². The molecule has 3 saturated carbocycles. The fourth-order valence-corrected chi connectivity index (χ4v) is 6.23. The van der Waals surface area contributed by atoms with Crippen LogP contribution in [0.2, 0.25) is 0 Å². The Balaban J connectivity index is 1.77. The Bertz CT molecular complexity index is 875. The summed E-state index contributed by atoms with van der Waals surface area (Å²) in [6, 6.07) is -0.516. The van der Waals surface area contributed by atoms with Crippen molar-refractivity contribution in [2.45, 2.75) is 72.0 Å². The third-order valence-corrected chi connectivity index (χ3v) is 7.51. The molecule has 4 aliphatic rings. The Labute approximate surface area is 151 Å². The topological polar surface area (TPSA) is 34.1 Å². The highest BCUT2D eigenvalue weighted by atomic mass is 16.1. The number of hydrogen-bond acceptors (Lipinski definition) is 2. The molecule has 0 aliphatic heterocycles. The molecular formula is C21H30O2. The zero-order chi connectivity index (χ0) is 23.4. The molecule has 0 unspecified atom stereocenters. The first-order valence-electron chi connectivity index (χ1n) is 12.8. The second kappa shape index (κ2) is 5.04. The Morgan fingerprint density at radius 2 is 2.04 bits per heavy atom. The van der Waals surface area contributed by atoms with Crippen molar-refractivity contribution >= 4 is 11.6 Å². The summed E-state index contributed by atoms with van der Waals surface area (Å²) in [4.78, 5) is 25.2. The number of hydrogen-bond donors (Lipinski definition) is 0. The third-order valence-electron chi connectivity index (χ3n) is 7.51. The van der Waals surface area contributed by atoms with Gasteiger partial charge in [0.1, 0.15) is 5.78 Å². The van der Waals surface area contributed by atoms with Crippen LogP contribution in [0.3, 0.4) is 0 Å². The zero-order valence-corrected chi connectivity index (χ0v) is 13.9. The molecule has 0 aromatic rings. The fraction of sp³-hybridized carbons (Fsp3) is 0.810. The minimum absolute atomic E-state index is 0.0336. The van der Waals surface area contributed by atoms with Crippen molar-refractivity contribution in [3.63, 3.8) is 0 Å². The lowest BCUT2D eigenvalue weighted by atomic mass is 9.47. The minimum atomic E-state index is -2.65. The highest BCUT2D eigenvalue weighted by Gasteiger charge is 2.59. The van der Waals surface area contributed by atoms with Gasteiger partial charge in [0.2, 0.25) is 0 Å². The van der Waals surface area contributed by atoms with Gasteiger partial charge in [-0.1, -0.05) is 19.4 Å². The molecule has 0 aromatic carbocycles. The highest BCUT2D eigenvalue weighted by Crippen LogP contribution is 2.66. The summed E-state index contributed by atoms with van der Waals surface area (Å²) in [5.41, 5.74) is -1.33. The van der Waals surface area contributed by atoms with Crippen molar-refractivity contribution in [1.82, 2.24) is 0 Å². The monoisotopic (exact) mass is 322 g/mol. The van der Waals surface area contributed by atoms with Crippen molar-refractivity contribution in [2.75, 3.05) is 0 Å². The standard InChI is InChI=1S/C21H30O2/c1-13(22)17-6-7-18-16-5-4-14-12-15(23)8-10-20(14,2)19(16)9-11-21(17,18)3/h12,16-19H,4-11H2,1-3H3/t16-,17+,18-,19-,20-,21+/m0/s1/i1D3,4D2,8D2,12D. The smallest absolute Gasteiger partial charge is 0.155 e. The van der Waals surface area contributed by atoms with Crippen molar-refractivity contribution in [3.8, 4) is 0 Å². The lowest BCUT2D eigenvalue weighted by Gasteiger charge is -2.58. The molecule has 126 valence electrons. The Morgan fingerprint density at radius 3 is 2.83 bits per heavy atom. The van der Waals surface area contributed by atoms with Gasteiger partial charge in [0, 0.05) is 21.9 Å². The molecule has 0 N–H and O–H groups in total. The first-order chi connectivity index (χ1) is 14.0. The molecule has 4 rings (SSSR count). The predicted octanol–water partition coefficient (Wildman–Crippen LogP) is 4.72. The molecule has 4 aliphatic carbocycles. The van der Waals surface area contributed by atoms with E-state index in [1.54, 1.807) is 6.92 Å². The van der Waals surface area contributed by atoms with E-state index in [2.05, 4.69) is 0 Å².